The molecule has 1 aromatic carbocycles. The maximum atomic E-state index is 12.4. The molecule has 0 amide bonds. The summed E-state index contributed by atoms with van der Waals surface area (Å²) >= 11 is 0. The van der Waals surface area contributed by atoms with Gasteiger partial charge in [-0.05, 0) is 6.42 Å². The average Bonchev–Trinajstić information content (AvgIpc) is 2.73. The minimum Gasteiger partial charge on any atom is -0.331 e. The lowest BCUT2D eigenvalue weighted by Crippen LogP contribution is -2.02. The van der Waals surface area contributed by atoms with E-state index in [1.807, 2.05) is 34.9 Å². The Bertz CT molecular complexity index is 448. The van der Waals surface area contributed by atoms with Crippen LogP contribution in [0.1, 0.15) is 12.6 Å². The molecule has 1 heterocycles. The zero-order valence-corrected chi connectivity index (χ0v) is 9.36. The van der Waals surface area contributed by atoms with Crippen LogP contribution >= 0.6 is 0 Å². The number of hydrogen-bond donors (Lipinski definition) is 0. The molecule has 2 nitrogen and oxygen atoms in total. The molecule has 2 rings (SSSR count). The van der Waals surface area contributed by atoms with Crippen molar-refractivity contribution in [2.75, 3.05) is 6.67 Å². The third kappa shape index (κ3) is 1.98. The quantitative estimate of drug-likeness (QED) is 0.771. The highest BCUT2D eigenvalue weighted by molar-refractivity contribution is 5.61. The fourth-order valence-corrected chi connectivity index (χ4v) is 1.90. The lowest BCUT2D eigenvalue weighted by Gasteiger charge is -2.05. The Morgan fingerprint density at radius 1 is 1.25 bits per heavy atom. The topological polar surface area (TPSA) is 17.8 Å². The van der Waals surface area contributed by atoms with Gasteiger partial charge >= 0.3 is 0 Å². The van der Waals surface area contributed by atoms with Gasteiger partial charge in [0.2, 0.25) is 0 Å². The van der Waals surface area contributed by atoms with E-state index in [2.05, 4.69) is 11.9 Å². The smallest absolute Gasteiger partial charge is 0.107 e. The van der Waals surface area contributed by atoms with Crippen molar-refractivity contribution in [3.05, 3.63) is 42.4 Å². The molecule has 0 radical (unpaired) electrons. The predicted octanol–water partition coefficient (Wildman–Crippen LogP) is 3.08. The molecule has 0 atom stereocenters. The molecule has 2 aromatic rings. The van der Waals surface area contributed by atoms with Crippen molar-refractivity contribution in [3.8, 4) is 11.3 Å². The maximum absolute atomic E-state index is 12.4. The molecule has 0 aliphatic heterocycles. The number of imidazole rings is 1. The van der Waals surface area contributed by atoms with E-state index in [1.54, 1.807) is 6.33 Å². The van der Waals surface area contributed by atoms with Crippen molar-refractivity contribution in [2.45, 2.75) is 19.9 Å². The number of benzene rings is 1. The highest BCUT2D eigenvalue weighted by atomic mass is 19.1. The molecule has 0 aliphatic rings. The molecule has 0 aliphatic carbocycles. The van der Waals surface area contributed by atoms with Crippen LogP contribution < -0.4 is 0 Å². The second-order valence-electron chi connectivity index (χ2n) is 3.64. The van der Waals surface area contributed by atoms with Crippen LogP contribution in [-0.2, 0) is 13.0 Å². The van der Waals surface area contributed by atoms with Crippen LogP contribution in [0.3, 0.4) is 0 Å². The highest BCUT2D eigenvalue weighted by Gasteiger charge is 2.10. The first kappa shape index (κ1) is 10.9. The Morgan fingerprint density at radius 3 is 2.62 bits per heavy atom. The Balaban J connectivity index is 2.42. The zero-order valence-electron chi connectivity index (χ0n) is 9.36. The minimum absolute atomic E-state index is 0.350. The van der Waals surface area contributed by atoms with E-state index in [0.29, 0.717) is 6.54 Å². The number of aromatic nitrogens is 2. The van der Waals surface area contributed by atoms with Gasteiger partial charge < -0.3 is 4.57 Å². The fraction of sp³-hybridized carbons (Fsp3) is 0.308. The van der Waals surface area contributed by atoms with Gasteiger partial charge in [-0.1, -0.05) is 37.3 Å². The van der Waals surface area contributed by atoms with Crippen LogP contribution in [0, 0.1) is 0 Å². The number of halogens is 1. The normalized spacial score (nSPS) is 10.6. The number of rotatable bonds is 4. The van der Waals surface area contributed by atoms with E-state index in [0.717, 1.165) is 23.4 Å². The third-order valence-corrected chi connectivity index (χ3v) is 2.65. The summed E-state index contributed by atoms with van der Waals surface area (Å²) in [4.78, 5) is 4.37. The van der Waals surface area contributed by atoms with Gasteiger partial charge in [-0.15, -0.1) is 0 Å². The van der Waals surface area contributed by atoms with Crippen molar-refractivity contribution < 1.29 is 4.39 Å². The van der Waals surface area contributed by atoms with Crippen LogP contribution in [0.5, 0.6) is 0 Å². The van der Waals surface area contributed by atoms with Crippen molar-refractivity contribution >= 4 is 0 Å². The van der Waals surface area contributed by atoms with Crippen molar-refractivity contribution in [1.29, 1.82) is 0 Å². The number of nitrogens with zero attached hydrogens (tertiary/aromatic N) is 2. The first-order valence-electron chi connectivity index (χ1n) is 5.52. The second-order valence-corrected chi connectivity index (χ2v) is 3.64. The maximum Gasteiger partial charge on any atom is 0.107 e. The first-order valence-corrected chi connectivity index (χ1v) is 5.52. The average molecular weight is 218 g/mol. The summed E-state index contributed by atoms with van der Waals surface area (Å²) in [7, 11) is 0. The Kier molecular flexibility index (Phi) is 3.34. The third-order valence-electron chi connectivity index (χ3n) is 2.65. The first-order chi connectivity index (χ1) is 7.86. The van der Waals surface area contributed by atoms with E-state index in [4.69, 9.17) is 0 Å². The van der Waals surface area contributed by atoms with Gasteiger partial charge in [-0.2, -0.15) is 0 Å². The summed E-state index contributed by atoms with van der Waals surface area (Å²) in [5, 5.41) is 0. The van der Waals surface area contributed by atoms with Crippen LogP contribution in [0.2, 0.25) is 0 Å². The molecule has 16 heavy (non-hydrogen) atoms. The Hall–Kier alpha value is -1.64. The monoisotopic (exact) mass is 218 g/mol. The molecule has 0 saturated heterocycles. The van der Waals surface area contributed by atoms with E-state index in [1.165, 1.54) is 0 Å². The highest BCUT2D eigenvalue weighted by Crippen LogP contribution is 2.22. The van der Waals surface area contributed by atoms with Crippen LogP contribution in [-0.4, -0.2) is 16.2 Å². The van der Waals surface area contributed by atoms with E-state index in [-0.39, 0.29) is 6.67 Å². The lowest BCUT2D eigenvalue weighted by atomic mass is 10.1. The van der Waals surface area contributed by atoms with E-state index < -0.39 is 0 Å². The summed E-state index contributed by atoms with van der Waals surface area (Å²) in [5.74, 6) is 0. The molecular formula is C13H15FN2. The lowest BCUT2D eigenvalue weighted by molar-refractivity contribution is 0.441. The van der Waals surface area contributed by atoms with E-state index in [9.17, 15) is 4.39 Å². The van der Waals surface area contributed by atoms with E-state index >= 15 is 0 Å². The van der Waals surface area contributed by atoms with Crippen LogP contribution in [0.25, 0.3) is 11.3 Å². The van der Waals surface area contributed by atoms with Gasteiger partial charge in [0.1, 0.15) is 6.67 Å². The second kappa shape index (κ2) is 4.92. The molecule has 0 fully saturated rings. The van der Waals surface area contributed by atoms with Gasteiger partial charge in [0, 0.05) is 11.3 Å². The number of hydrogen-bond acceptors (Lipinski definition) is 1. The van der Waals surface area contributed by atoms with Gasteiger partial charge in [-0.25, -0.2) is 9.37 Å². The van der Waals surface area contributed by atoms with Gasteiger partial charge in [0.15, 0.2) is 0 Å². The molecule has 0 bridgehead atoms. The van der Waals surface area contributed by atoms with Gasteiger partial charge in [-0.3, -0.25) is 0 Å². The molecule has 0 unspecified atom stereocenters. The molecule has 3 heteroatoms. The standard InChI is InChI=1S/C13H15FN2/c1-2-12-13(11-6-4-3-5-7-11)15-10-16(12)9-8-14/h3-7,10H,2,8-9H2,1H3. The molecule has 0 spiro atoms. The van der Waals surface area contributed by atoms with Crippen LogP contribution in [0.4, 0.5) is 4.39 Å². The van der Waals surface area contributed by atoms with Crippen molar-refractivity contribution in [3.63, 3.8) is 0 Å². The molecule has 1 aromatic heterocycles. The van der Waals surface area contributed by atoms with Crippen LogP contribution in [0.15, 0.2) is 36.7 Å². The van der Waals surface area contributed by atoms with Crippen molar-refractivity contribution in [1.82, 2.24) is 9.55 Å². The summed E-state index contributed by atoms with van der Waals surface area (Å²) in [6, 6.07) is 10.0. The molecule has 0 saturated carbocycles. The zero-order chi connectivity index (χ0) is 11.4. The minimum atomic E-state index is -0.350. The Morgan fingerprint density at radius 2 is 2.00 bits per heavy atom. The SMILES string of the molecule is CCc1c(-c2ccccc2)ncn1CCF. The largest absolute Gasteiger partial charge is 0.331 e. The summed E-state index contributed by atoms with van der Waals surface area (Å²) in [5.41, 5.74) is 3.16. The molecule has 84 valence electrons. The predicted molar refractivity (Wildman–Crippen MR) is 63.0 cm³/mol. The Labute approximate surface area is 94.8 Å². The number of aryl methyl sites for hydroxylation is 1. The van der Waals surface area contributed by atoms with Crippen molar-refractivity contribution in [2.24, 2.45) is 0 Å². The summed E-state index contributed by atoms with van der Waals surface area (Å²) in [6.45, 7) is 2.11. The van der Waals surface area contributed by atoms with Gasteiger partial charge in [0.25, 0.3) is 0 Å². The number of alkyl halides is 1. The summed E-state index contributed by atoms with van der Waals surface area (Å²) < 4.78 is 14.2. The van der Waals surface area contributed by atoms with Gasteiger partial charge in [0.05, 0.1) is 18.6 Å². The fourth-order valence-electron chi connectivity index (χ4n) is 1.90. The summed E-state index contributed by atoms with van der Waals surface area (Å²) in [6.07, 6.45) is 2.59. The molecular weight excluding hydrogens is 203 g/mol. The molecule has 0 N–H and O–H groups in total.